The van der Waals surface area contributed by atoms with E-state index in [2.05, 4.69) is 40.5 Å². The van der Waals surface area contributed by atoms with Crippen molar-refractivity contribution in [3.8, 4) is 0 Å². The van der Waals surface area contributed by atoms with Crippen LogP contribution in [0.4, 0.5) is 0 Å². The fourth-order valence-electron chi connectivity index (χ4n) is 3.40. The van der Waals surface area contributed by atoms with Gasteiger partial charge in [-0.05, 0) is 50.9 Å². The molecule has 92 valence electrons. The van der Waals surface area contributed by atoms with E-state index in [9.17, 15) is 0 Å². The van der Waals surface area contributed by atoms with Crippen LogP contribution in [0.1, 0.15) is 37.3 Å². The molecule has 0 unspecified atom stereocenters. The van der Waals surface area contributed by atoms with Gasteiger partial charge in [-0.25, -0.2) is 0 Å². The lowest BCUT2D eigenvalue weighted by atomic mass is 10.00. The molecule has 1 N–H and O–H groups in total. The predicted molar refractivity (Wildman–Crippen MR) is 71.0 cm³/mol. The Bertz CT molecular complexity index is 343. The summed E-state index contributed by atoms with van der Waals surface area (Å²) in [5, 5.41) is 3.47. The third-order valence-corrected chi connectivity index (χ3v) is 4.26. The zero-order valence-electron chi connectivity index (χ0n) is 10.4. The molecule has 0 radical (unpaired) electrons. The number of benzene rings is 1. The Kier molecular flexibility index (Phi) is 3.44. The largest absolute Gasteiger partial charge is 0.317 e. The average Bonchev–Trinajstić information content (AvgIpc) is 2.90. The molecular weight excluding hydrogens is 208 g/mol. The number of hydrogen-bond donors (Lipinski definition) is 1. The van der Waals surface area contributed by atoms with Gasteiger partial charge in [0.15, 0.2) is 0 Å². The van der Waals surface area contributed by atoms with Crippen molar-refractivity contribution in [2.75, 3.05) is 19.6 Å². The van der Waals surface area contributed by atoms with Crippen molar-refractivity contribution >= 4 is 0 Å². The highest BCUT2D eigenvalue weighted by atomic mass is 15.2. The zero-order valence-corrected chi connectivity index (χ0v) is 10.4. The van der Waals surface area contributed by atoms with E-state index in [-0.39, 0.29) is 0 Å². The Hall–Kier alpha value is -0.860. The van der Waals surface area contributed by atoms with Gasteiger partial charge >= 0.3 is 0 Å². The third kappa shape index (κ3) is 2.38. The summed E-state index contributed by atoms with van der Waals surface area (Å²) >= 11 is 0. The van der Waals surface area contributed by atoms with Gasteiger partial charge in [-0.15, -0.1) is 0 Å². The van der Waals surface area contributed by atoms with E-state index in [0.717, 1.165) is 6.04 Å². The second-order valence-corrected chi connectivity index (χ2v) is 5.29. The Balaban J connectivity index is 1.75. The van der Waals surface area contributed by atoms with E-state index in [1.807, 2.05) is 0 Å². The van der Waals surface area contributed by atoms with Crippen LogP contribution < -0.4 is 5.32 Å². The highest BCUT2D eigenvalue weighted by Gasteiger charge is 2.31. The summed E-state index contributed by atoms with van der Waals surface area (Å²) in [4.78, 5) is 2.76. The van der Waals surface area contributed by atoms with Crippen LogP contribution in [0.3, 0.4) is 0 Å². The lowest BCUT2D eigenvalue weighted by molar-refractivity contribution is 0.148. The normalized spacial score (nSPS) is 27.4. The van der Waals surface area contributed by atoms with Crippen molar-refractivity contribution in [1.29, 1.82) is 0 Å². The van der Waals surface area contributed by atoms with Crippen molar-refractivity contribution in [2.45, 2.75) is 37.8 Å². The topological polar surface area (TPSA) is 15.3 Å². The van der Waals surface area contributed by atoms with Crippen LogP contribution in [0.5, 0.6) is 0 Å². The van der Waals surface area contributed by atoms with Crippen molar-refractivity contribution in [2.24, 2.45) is 0 Å². The molecule has 0 amide bonds. The van der Waals surface area contributed by atoms with E-state index < -0.39 is 0 Å². The SMILES string of the molecule is c1ccc([C@@H]2CCCN2C2CCNCC2)cc1. The highest BCUT2D eigenvalue weighted by molar-refractivity contribution is 5.20. The second kappa shape index (κ2) is 5.19. The van der Waals surface area contributed by atoms with Gasteiger partial charge < -0.3 is 5.32 Å². The predicted octanol–water partition coefficient (Wildman–Crippen LogP) is 2.58. The van der Waals surface area contributed by atoms with Crippen molar-refractivity contribution in [3.05, 3.63) is 35.9 Å². The molecule has 0 bridgehead atoms. The molecule has 2 aliphatic heterocycles. The van der Waals surface area contributed by atoms with Crippen LogP contribution in [0.2, 0.25) is 0 Å². The van der Waals surface area contributed by atoms with Crippen LogP contribution in [0.15, 0.2) is 30.3 Å². The summed E-state index contributed by atoms with van der Waals surface area (Å²) in [5.41, 5.74) is 1.52. The van der Waals surface area contributed by atoms with Crippen LogP contribution in [-0.2, 0) is 0 Å². The number of likely N-dealkylation sites (tertiary alicyclic amines) is 1. The van der Waals surface area contributed by atoms with Gasteiger partial charge in [0.2, 0.25) is 0 Å². The van der Waals surface area contributed by atoms with Gasteiger partial charge in [-0.2, -0.15) is 0 Å². The fraction of sp³-hybridized carbons (Fsp3) is 0.600. The van der Waals surface area contributed by atoms with Crippen LogP contribution in [0, 0.1) is 0 Å². The monoisotopic (exact) mass is 230 g/mol. The summed E-state index contributed by atoms with van der Waals surface area (Å²) < 4.78 is 0. The summed E-state index contributed by atoms with van der Waals surface area (Å²) in [6.07, 6.45) is 5.35. The van der Waals surface area contributed by atoms with Crippen LogP contribution >= 0.6 is 0 Å². The quantitative estimate of drug-likeness (QED) is 0.840. The minimum Gasteiger partial charge on any atom is -0.317 e. The molecule has 1 aromatic rings. The van der Waals surface area contributed by atoms with Crippen molar-refractivity contribution in [1.82, 2.24) is 10.2 Å². The van der Waals surface area contributed by atoms with Crippen molar-refractivity contribution < 1.29 is 0 Å². The van der Waals surface area contributed by atoms with Gasteiger partial charge in [-0.3, -0.25) is 4.90 Å². The molecule has 1 atom stereocenters. The molecule has 2 saturated heterocycles. The highest BCUT2D eigenvalue weighted by Crippen LogP contribution is 2.35. The fourth-order valence-corrected chi connectivity index (χ4v) is 3.40. The third-order valence-electron chi connectivity index (χ3n) is 4.26. The first kappa shape index (κ1) is 11.2. The van der Waals surface area contributed by atoms with E-state index in [4.69, 9.17) is 0 Å². The number of hydrogen-bond acceptors (Lipinski definition) is 2. The summed E-state index contributed by atoms with van der Waals surface area (Å²) in [6, 6.07) is 12.5. The van der Waals surface area contributed by atoms with E-state index in [0.29, 0.717) is 6.04 Å². The molecular formula is C15H22N2. The first-order valence-electron chi connectivity index (χ1n) is 6.96. The standard InChI is InChI=1S/C15H22N2/c1-2-5-13(6-3-1)15-7-4-12-17(15)14-8-10-16-11-9-14/h1-3,5-6,14-16H,4,7-12H2/t15-/m0/s1. The molecule has 0 aliphatic carbocycles. The van der Waals surface area contributed by atoms with Gasteiger partial charge in [0.25, 0.3) is 0 Å². The minimum absolute atomic E-state index is 0.680. The Morgan fingerprint density at radius 1 is 1.00 bits per heavy atom. The molecule has 0 aromatic heterocycles. The summed E-state index contributed by atoms with van der Waals surface area (Å²) in [7, 11) is 0. The second-order valence-electron chi connectivity index (χ2n) is 5.29. The summed E-state index contributed by atoms with van der Waals surface area (Å²) in [5.74, 6) is 0. The van der Waals surface area contributed by atoms with E-state index in [1.165, 1.54) is 50.9 Å². The molecule has 0 saturated carbocycles. The van der Waals surface area contributed by atoms with Gasteiger partial charge in [0.1, 0.15) is 0 Å². The maximum Gasteiger partial charge on any atom is 0.0351 e. The maximum absolute atomic E-state index is 3.47. The summed E-state index contributed by atoms with van der Waals surface area (Å²) in [6.45, 7) is 3.69. The molecule has 2 heteroatoms. The van der Waals surface area contributed by atoms with Crippen LogP contribution in [-0.4, -0.2) is 30.6 Å². The smallest absolute Gasteiger partial charge is 0.0351 e. The van der Waals surface area contributed by atoms with Gasteiger partial charge in [-0.1, -0.05) is 30.3 Å². The molecule has 1 aromatic carbocycles. The molecule has 2 aliphatic rings. The lowest BCUT2D eigenvalue weighted by Crippen LogP contribution is -2.42. The minimum atomic E-state index is 0.680. The van der Waals surface area contributed by atoms with E-state index in [1.54, 1.807) is 0 Å². The molecule has 3 rings (SSSR count). The molecule has 2 nitrogen and oxygen atoms in total. The zero-order chi connectivity index (χ0) is 11.5. The average molecular weight is 230 g/mol. The number of rotatable bonds is 2. The first-order chi connectivity index (χ1) is 8.45. The van der Waals surface area contributed by atoms with Gasteiger partial charge in [0, 0.05) is 12.1 Å². The van der Waals surface area contributed by atoms with Gasteiger partial charge in [0.05, 0.1) is 0 Å². The Morgan fingerprint density at radius 2 is 1.76 bits per heavy atom. The maximum atomic E-state index is 3.47. The Labute approximate surface area is 104 Å². The van der Waals surface area contributed by atoms with E-state index >= 15 is 0 Å². The van der Waals surface area contributed by atoms with Crippen LogP contribution in [0.25, 0.3) is 0 Å². The number of nitrogens with one attached hydrogen (secondary N) is 1. The first-order valence-corrected chi connectivity index (χ1v) is 6.96. The molecule has 17 heavy (non-hydrogen) atoms. The number of piperidine rings is 1. The lowest BCUT2D eigenvalue weighted by Gasteiger charge is -2.36. The molecule has 2 heterocycles. The number of nitrogens with zero attached hydrogens (tertiary/aromatic N) is 1. The van der Waals surface area contributed by atoms with Crippen molar-refractivity contribution in [3.63, 3.8) is 0 Å². The molecule has 0 spiro atoms. The molecule has 2 fully saturated rings. The Morgan fingerprint density at radius 3 is 2.53 bits per heavy atom.